The predicted molar refractivity (Wildman–Crippen MR) is 106 cm³/mol. The Hall–Kier alpha value is -1.57. The lowest BCUT2D eigenvalue weighted by molar-refractivity contribution is -0.203. The zero-order valence-electron chi connectivity index (χ0n) is 17.9. The number of hydrogen-bond donors (Lipinski definition) is 3. The van der Waals surface area contributed by atoms with Gasteiger partial charge < -0.3 is 20.1 Å². The first-order valence-electron chi connectivity index (χ1n) is 11.0. The Kier molecular flexibility index (Phi) is 5.03. The van der Waals surface area contributed by atoms with Crippen LogP contribution in [0.25, 0.3) is 0 Å². The van der Waals surface area contributed by atoms with Crippen LogP contribution in [-0.2, 0) is 19.1 Å². The molecule has 4 rings (SSSR count). The first-order valence-corrected chi connectivity index (χ1v) is 11.0. The average molecular weight is 421 g/mol. The van der Waals surface area contributed by atoms with Crippen LogP contribution in [0, 0.1) is 28.6 Å². The fraction of sp³-hybridized carbons (Fsp3) is 0.783. The van der Waals surface area contributed by atoms with E-state index in [9.17, 15) is 29.7 Å². The van der Waals surface area contributed by atoms with Gasteiger partial charge in [-0.2, -0.15) is 0 Å². The van der Waals surface area contributed by atoms with Crippen LogP contribution in [0.4, 0.5) is 0 Å². The molecular formula is C23H32O7. The number of allylic oxidation sites excluding steroid dienone is 1. The summed E-state index contributed by atoms with van der Waals surface area (Å²) in [6.07, 6.45) is 2.80. The van der Waals surface area contributed by atoms with E-state index in [2.05, 4.69) is 11.7 Å². The molecule has 166 valence electrons. The van der Waals surface area contributed by atoms with E-state index in [4.69, 9.17) is 0 Å². The minimum atomic E-state index is -2.01. The maximum Gasteiger partial charge on any atom is 0.305 e. The summed E-state index contributed by atoms with van der Waals surface area (Å²) in [5.74, 6) is -1.47. The molecule has 4 aliphatic rings. The van der Waals surface area contributed by atoms with Crippen LogP contribution in [-0.4, -0.2) is 50.9 Å². The van der Waals surface area contributed by atoms with Crippen molar-refractivity contribution in [3.63, 3.8) is 0 Å². The molecule has 0 spiro atoms. The molecule has 7 nitrogen and oxygen atoms in total. The highest BCUT2D eigenvalue weighted by Crippen LogP contribution is 2.67. The van der Waals surface area contributed by atoms with Gasteiger partial charge in [0.1, 0.15) is 5.60 Å². The molecule has 3 fully saturated rings. The summed E-state index contributed by atoms with van der Waals surface area (Å²) in [5, 5.41) is 32.9. The molecule has 7 heteroatoms. The minimum absolute atomic E-state index is 0.000353. The minimum Gasteiger partial charge on any atom is -0.428 e. The highest BCUT2D eigenvalue weighted by Gasteiger charge is 2.69. The van der Waals surface area contributed by atoms with Crippen LogP contribution in [0.1, 0.15) is 65.7 Å². The second kappa shape index (κ2) is 6.97. The average Bonchev–Trinajstić information content (AvgIpc) is 2.92. The lowest BCUT2D eigenvalue weighted by Gasteiger charge is -2.60. The number of hydrogen-bond acceptors (Lipinski definition) is 7. The van der Waals surface area contributed by atoms with Gasteiger partial charge in [0.05, 0.1) is 6.10 Å². The summed E-state index contributed by atoms with van der Waals surface area (Å²) in [5.41, 5.74) is -1.91. The molecule has 0 aromatic heterocycles. The van der Waals surface area contributed by atoms with Crippen molar-refractivity contribution < 1.29 is 34.4 Å². The molecule has 3 saturated carbocycles. The third-order valence-electron chi connectivity index (χ3n) is 8.96. The number of ether oxygens (including phenoxy) is 1. The SMILES string of the molecule is CC(=O)OC(O)C(=O)[C@@]1(O)CC[C@H]2[C@@H]3CCC4=CC(=O)CC[C@]4(C)[C@H]3[C@@H](O)C[C@@]21C. The van der Waals surface area contributed by atoms with Gasteiger partial charge in [0.2, 0.25) is 5.78 Å². The molecule has 0 radical (unpaired) electrons. The summed E-state index contributed by atoms with van der Waals surface area (Å²) in [6.45, 7) is 5.06. The van der Waals surface area contributed by atoms with Crippen LogP contribution in [0.2, 0.25) is 0 Å². The predicted octanol–water partition coefficient (Wildman–Crippen LogP) is 1.67. The molecule has 0 amide bonds. The van der Waals surface area contributed by atoms with Crippen molar-refractivity contribution in [1.82, 2.24) is 0 Å². The lowest BCUT2D eigenvalue weighted by atomic mass is 9.45. The van der Waals surface area contributed by atoms with Crippen molar-refractivity contribution in [2.24, 2.45) is 28.6 Å². The number of carbonyl (C=O) groups is 3. The second-order valence-corrected chi connectivity index (χ2v) is 10.3. The molecule has 0 heterocycles. The number of carbonyl (C=O) groups excluding carboxylic acids is 3. The van der Waals surface area contributed by atoms with Crippen LogP contribution in [0.5, 0.6) is 0 Å². The Morgan fingerprint density at radius 3 is 2.57 bits per heavy atom. The van der Waals surface area contributed by atoms with Gasteiger partial charge in [-0.15, -0.1) is 0 Å². The van der Waals surface area contributed by atoms with Gasteiger partial charge in [0, 0.05) is 18.8 Å². The van der Waals surface area contributed by atoms with Crippen LogP contribution >= 0.6 is 0 Å². The van der Waals surface area contributed by atoms with E-state index in [-0.39, 0.29) is 41.8 Å². The lowest BCUT2D eigenvalue weighted by Crippen LogP contribution is -2.63. The van der Waals surface area contributed by atoms with Gasteiger partial charge in [-0.3, -0.25) is 14.4 Å². The van der Waals surface area contributed by atoms with Crippen molar-refractivity contribution in [2.75, 3.05) is 0 Å². The Balaban J connectivity index is 1.67. The Morgan fingerprint density at radius 1 is 1.20 bits per heavy atom. The maximum absolute atomic E-state index is 13.0. The van der Waals surface area contributed by atoms with Crippen LogP contribution in [0.15, 0.2) is 11.6 Å². The summed E-state index contributed by atoms with van der Waals surface area (Å²) >= 11 is 0. The first kappa shape index (κ1) is 21.7. The number of aliphatic hydroxyl groups is 3. The largest absolute Gasteiger partial charge is 0.428 e. The van der Waals surface area contributed by atoms with Gasteiger partial charge in [-0.25, -0.2) is 0 Å². The molecule has 0 saturated heterocycles. The van der Waals surface area contributed by atoms with E-state index in [0.717, 1.165) is 25.3 Å². The third-order valence-corrected chi connectivity index (χ3v) is 8.96. The highest BCUT2D eigenvalue weighted by atomic mass is 16.6. The number of rotatable bonds is 3. The first-order chi connectivity index (χ1) is 13.9. The number of esters is 1. The molecule has 4 aliphatic carbocycles. The van der Waals surface area contributed by atoms with Crippen molar-refractivity contribution in [3.05, 3.63) is 11.6 Å². The number of Topliss-reactive ketones (excluding diaryl/α,β-unsaturated/α-hetero) is 1. The van der Waals surface area contributed by atoms with E-state index in [1.165, 1.54) is 0 Å². The van der Waals surface area contributed by atoms with Crippen LogP contribution < -0.4 is 0 Å². The number of fused-ring (bicyclic) bond motifs is 5. The summed E-state index contributed by atoms with van der Waals surface area (Å²) in [6, 6.07) is 0. The van der Waals surface area contributed by atoms with E-state index >= 15 is 0 Å². The molecular weight excluding hydrogens is 388 g/mol. The zero-order chi connectivity index (χ0) is 22.1. The fourth-order valence-corrected chi connectivity index (χ4v) is 7.51. The van der Waals surface area contributed by atoms with Crippen LogP contribution in [0.3, 0.4) is 0 Å². The summed E-state index contributed by atoms with van der Waals surface area (Å²) < 4.78 is 4.65. The van der Waals surface area contributed by atoms with Crippen molar-refractivity contribution in [3.8, 4) is 0 Å². The van der Waals surface area contributed by atoms with Crippen molar-refractivity contribution >= 4 is 17.5 Å². The smallest absolute Gasteiger partial charge is 0.305 e. The highest BCUT2D eigenvalue weighted by molar-refractivity contribution is 5.93. The molecule has 0 bridgehead atoms. The summed E-state index contributed by atoms with van der Waals surface area (Å²) in [4.78, 5) is 36.1. The Labute approximate surface area is 176 Å². The van der Waals surface area contributed by atoms with E-state index in [1.807, 2.05) is 6.92 Å². The quantitative estimate of drug-likeness (QED) is 0.469. The molecule has 3 N–H and O–H groups in total. The monoisotopic (exact) mass is 420 g/mol. The van der Waals surface area contributed by atoms with Gasteiger partial charge >= 0.3 is 5.97 Å². The standard InChI is InChI=1S/C23H32O7/c1-12(24)30-20(28)19(27)23(29)9-7-16-15-5-4-13-10-14(25)6-8-21(13,2)18(15)17(26)11-22(16,23)3/h10,15-18,20,26,28-29H,4-9,11H2,1-3H3/t15-,16-,17-,18+,20?,21-,22-,23-/m0/s1. The van der Waals surface area contributed by atoms with E-state index in [0.29, 0.717) is 19.3 Å². The summed E-state index contributed by atoms with van der Waals surface area (Å²) in [7, 11) is 0. The maximum atomic E-state index is 13.0. The van der Waals surface area contributed by atoms with Gasteiger partial charge in [-0.1, -0.05) is 19.4 Å². The molecule has 0 aromatic carbocycles. The molecule has 0 aromatic rings. The van der Waals surface area contributed by atoms with E-state index < -0.39 is 35.2 Å². The molecule has 0 aliphatic heterocycles. The molecule has 8 atom stereocenters. The molecule has 1 unspecified atom stereocenters. The Bertz CT molecular complexity index is 818. The Morgan fingerprint density at radius 2 is 1.90 bits per heavy atom. The van der Waals surface area contributed by atoms with Gasteiger partial charge in [0.15, 0.2) is 5.78 Å². The zero-order valence-corrected chi connectivity index (χ0v) is 17.9. The second-order valence-electron chi connectivity index (χ2n) is 10.3. The molecule has 30 heavy (non-hydrogen) atoms. The van der Waals surface area contributed by atoms with Gasteiger partial charge in [0.25, 0.3) is 6.29 Å². The van der Waals surface area contributed by atoms with Crippen molar-refractivity contribution in [2.45, 2.75) is 83.7 Å². The number of aliphatic hydroxyl groups excluding tert-OH is 2. The number of ketones is 2. The van der Waals surface area contributed by atoms with E-state index in [1.54, 1.807) is 6.08 Å². The third kappa shape index (κ3) is 2.85. The topological polar surface area (TPSA) is 121 Å². The van der Waals surface area contributed by atoms with Crippen molar-refractivity contribution in [1.29, 1.82) is 0 Å². The fourth-order valence-electron chi connectivity index (χ4n) is 7.51. The normalized spacial score (nSPS) is 46.2. The van der Waals surface area contributed by atoms with Gasteiger partial charge in [-0.05, 0) is 67.8 Å².